The molecule has 1 saturated carbocycles. The van der Waals surface area contributed by atoms with Crippen LogP contribution >= 0.6 is 45.5 Å². The fraction of sp³-hybridized carbons (Fsp3) is 0.310. The molecular formula is C42H36ClIN4O5S. The van der Waals surface area contributed by atoms with Crippen LogP contribution in [0.5, 0.6) is 5.75 Å². The smallest absolute Gasteiger partial charge is 0.242 e. The van der Waals surface area contributed by atoms with Crippen molar-refractivity contribution < 1.29 is 24.3 Å². The predicted octanol–water partition coefficient (Wildman–Crippen LogP) is 8.63. The van der Waals surface area contributed by atoms with Crippen LogP contribution in [0, 0.1) is 53.4 Å². The molecule has 0 spiro atoms. The summed E-state index contributed by atoms with van der Waals surface area (Å²) in [6, 6.07) is 18.7. The van der Waals surface area contributed by atoms with E-state index in [0.717, 1.165) is 35.2 Å². The fourth-order valence-corrected chi connectivity index (χ4v) is 11.5. The highest BCUT2D eigenvalue weighted by molar-refractivity contribution is 14.1. The number of aromatic hydroxyl groups is 1. The molecule has 5 aromatic rings. The molecule has 9 nitrogen and oxygen atoms in total. The second-order valence-corrected chi connectivity index (χ2v) is 18.1. The van der Waals surface area contributed by atoms with Gasteiger partial charge in [0, 0.05) is 32.3 Å². The van der Waals surface area contributed by atoms with E-state index in [0.29, 0.717) is 39.8 Å². The number of aryl methyl sites for hydroxylation is 4. The Kier molecular flexibility index (Phi) is 8.08. The monoisotopic (exact) mass is 870 g/mol. The van der Waals surface area contributed by atoms with E-state index in [2.05, 4.69) is 28.7 Å². The summed E-state index contributed by atoms with van der Waals surface area (Å²) in [6.07, 6.45) is 2.65. The number of thiophene rings is 1. The van der Waals surface area contributed by atoms with Gasteiger partial charge in [0.25, 0.3) is 0 Å². The number of allylic oxidation sites excluding steroid dienone is 2. The lowest BCUT2D eigenvalue weighted by atomic mass is 9.51. The first-order chi connectivity index (χ1) is 25.7. The second kappa shape index (κ2) is 12.3. The summed E-state index contributed by atoms with van der Waals surface area (Å²) in [4.78, 5) is 62.1. The number of fused-ring (bicyclic) bond motifs is 5. The van der Waals surface area contributed by atoms with E-state index in [-0.39, 0.29) is 35.8 Å². The van der Waals surface area contributed by atoms with Crippen molar-refractivity contribution in [1.82, 2.24) is 9.78 Å². The van der Waals surface area contributed by atoms with Crippen molar-refractivity contribution in [2.75, 3.05) is 9.80 Å². The van der Waals surface area contributed by atoms with Gasteiger partial charge in [-0.3, -0.25) is 28.8 Å². The number of carbonyl (C=O) groups is 4. The van der Waals surface area contributed by atoms with Crippen LogP contribution < -0.4 is 9.80 Å². The van der Waals surface area contributed by atoms with Gasteiger partial charge in [-0.15, -0.1) is 11.3 Å². The van der Waals surface area contributed by atoms with Gasteiger partial charge in [-0.25, -0.2) is 4.90 Å². The molecule has 4 heterocycles. The van der Waals surface area contributed by atoms with E-state index in [1.165, 1.54) is 9.80 Å². The quantitative estimate of drug-likeness (QED) is 0.110. The molecule has 2 saturated heterocycles. The zero-order valence-electron chi connectivity index (χ0n) is 30.2. The van der Waals surface area contributed by atoms with Crippen LogP contribution in [0.25, 0.3) is 20.7 Å². The molecule has 2 aliphatic carbocycles. The minimum absolute atomic E-state index is 0.173. The number of hydrogen-bond acceptors (Lipinski definition) is 7. The lowest BCUT2D eigenvalue weighted by Gasteiger charge is -2.49. The number of phenols is 1. The number of nitrogens with zero attached hydrogens (tertiary/aromatic N) is 4. The topological polar surface area (TPSA) is 113 Å². The van der Waals surface area contributed by atoms with Crippen LogP contribution in [0.15, 0.2) is 72.3 Å². The highest BCUT2D eigenvalue weighted by atomic mass is 127. The third kappa shape index (κ3) is 4.89. The Morgan fingerprint density at radius 1 is 0.907 bits per heavy atom. The number of rotatable bonds is 4. The first-order valence-corrected chi connectivity index (χ1v) is 20.2. The number of hydrogen-bond donors (Lipinski definition) is 1. The predicted molar refractivity (Wildman–Crippen MR) is 218 cm³/mol. The van der Waals surface area contributed by atoms with Crippen LogP contribution in [0.3, 0.4) is 0 Å². The summed E-state index contributed by atoms with van der Waals surface area (Å²) in [5, 5.41) is 17.3. The molecule has 54 heavy (non-hydrogen) atoms. The second-order valence-electron chi connectivity index (χ2n) is 15.4. The molecule has 2 aliphatic heterocycles. The highest BCUT2D eigenvalue weighted by Crippen LogP contribution is 2.64. The zero-order valence-corrected chi connectivity index (χ0v) is 33.9. The number of aromatic nitrogens is 2. The molecule has 12 heteroatoms. The Morgan fingerprint density at radius 2 is 1.61 bits per heavy atom. The minimum atomic E-state index is -1.22. The van der Waals surface area contributed by atoms with Crippen LogP contribution in [-0.4, -0.2) is 38.5 Å². The highest BCUT2D eigenvalue weighted by Gasteiger charge is 2.68. The van der Waals surface area contributed by atoms with Crippen molar-refractivity contribution >= 4 is 90.7 Å². The third-order valence-electron chi connectivity index (χ3n) is 12.4. The van der Waals surface area contributed by atoms with Gasteiger partial charge in [0.1, 0.15) is 17.3 Å². The van der Waals surface area contributed by atoms with Crippen LogP contribution in [0.1, 0.15) is 47.9 Å². The maximum atomic E-state index is 15.2. The Hall–Kier alpha value is -4.33. The molecule has 3 aromatic carbocycles. The summed E-state index contributed by atoms with van der Waals surface area (Å²) < 4.78 is 3.64. The normalized spacial score (nSPS) is 26.4. The van der Waals surface area contributed by atoms with Crippen molar-refractivity contribution in [3.63, 3.8) is 0 Å². The molecular weight excluding hydrogens is 835 g/mol. The molecule has 0 radical (unpaired) electrons. The molecule has 6 atom stereocenters. The fourth-order valence-electron chi connectivity index (χ4n) is 9.83. The van der Waals surface area contributed by atoms with E-state index in [1.54, 1.807) is 41.3 Å². The molecule has 9 rings (SSSR count). The first kappa shape index (κ1) is 35.4. The third-order valence-corrected chi connectivity index (χ3v) is 14.7. The average Bonchev–Trinajstić information content (AvgIpc) is 3.81. The first-order valence-electron chi connectivity index (χ1n) is 18.0. The van der Waals surface area contributed by atoms with E-state index >= 15 is 4.79 Å². The van der Waals surface area contributed by atoms with Gasteiger partial charge in [-0.1, -0.05) is 35.4 Å². The van der Waals surface area contributed by atoms with Crippen LogP contribution in [0.2, 0.25) is 5.02 Å². The largest absolute Gasteiger partial charge is 0.507 e. The Labute approximate surface area is 334 Å². The van der Waals surface area contributed by atoms with Gasteiger partial charge in [0.15, 0.2) is 0 Å². The van der Waals surface area contributed by atoms with Crippen molar-refractivity contribution in [2.45, 2.75) is 46.5 Å². The van der Waals surface area contributed by atoms with E-state index in [9.17, 15) is 19.5 Å². The molecule has 274 valence electrons. The lowest BCUT2D eigenvalue weighted by Crippen LogP contribution is -2.49. The van der Waals surface area contributed by atoms with E-state index < -0.39 is 35.0 Å². The standard InChI is InChI=1S/C42H36ClIN4O5S/c1-19-14-22(15-20(2)36(19)49)35-26-11-12-27-34(40(52)47(38(27)50)25-9-7-24(44)8-10-25)29(26)17-30-39(51)48(41(53)42(30,35)4)33-18-31(45-46(33)5)37-21(3)28-16-23(43)6-13-32(28)54-37/h6-11,13-16,18,27,29-30,34-35,49H,12,17H2,1-5H3. The number of carbonyl (C=O) groups excluding carboxylic acids is 4. The van der Waals surface area contributed by atoms with Crippen molar-refractivity contribution in [3.05, 3.63) is 103 Å². The van der Waals surface area contributed by atoms with Crippen molar-refractivity contribution in [3.8, 4) is 16.3 Å². The summed E-state index contributed by atoms with van der Waals surface area (Å²) in [5.41, 5.74) is 3.98. The molecule has 0 bridgehead atoms. The van der Waals surface area contributed by atoms with Crippen molar-refractivity contribution in [1.29, 1.82) is 0 Å². The Morgan fingerprint density at radius 3 is 2.31 bits per heavy atom. The molecule has 6 unspecified atom stereocenters. The van der Waals surface area contributed by atoms with Gasteiger partial charge in [-0.2, -0.15) is 5.10 Å². The number of benzene rings is 3. The maximum absolute atomic E-state index is 15.2. The van der Waals surface area contributed by atoms with Gasteiger partial charge in [-0.05, 0) is 139 Å². The summed E-state index contributed by atoms with van der Waals surface area (Å²) in [6.45, 7) is 7.54. The zero-order chi connectivity index (χ0) is 38.1. The summed E-state index contributed by atoms with van der Waals surface area (Å²) in [5.74, 6) is -3.70. The Balaban J connectivity index is 1.16. The molecule has 1 N–H and O–H groups in total. The molecule has 3 fully saturated rings. The van der Waals surface area contributed by atoms with Gasteiger partial charge < -0.3 is 5.11 Å². The van der Waals surface area contributed by atoms with Gasteiger partial charge in [0.05, 0.1) is 33.7 Å². The maximum Gasteiger partial charge on any atom is 0.242 e. The lowest BCUT2D eigenvalue weighted by molar-refractivity contribution is -0.131. The number of amides is 4. The van der Waals surface area contributed by atoms with Crippen LogP contribution in [0.4, 0.5) is 11.5 Å². The average molecular weight is 871 g/mol. The molecule has 4 amide bonds. The summed E-state index contributed by atoms with van der Waals surface area (Å²) >= 11 is 10.1. The van der Waals surface area contributed by atoms with Gasteiger partial charge in [0.2, 0.25) is 23.6 Å². The van der Waals surface area contributed by atoms with E-state index in [1.807, 2.05) is 70.2 Å². The van der Waals surface area contributed by atoms with Crippen molar-refractivity contribution in [2.24, 2.45) is 36.1 Å². The minimum Gasteiger partial charge on any atom is -0.507 e. The summed E-state index contributed by atoms with van der Waals surface area (Å²) in [7, 11) is 1.74. The number of phenolic OH excluding ortho intramolecular Hbond substituents is 1. The van der Waals surface area contributed by atoms with Gasteiger partial charge >= 0.3 is 0 Å². The van der Waals surface area contributed by atoms with E-state index in [4.69, 9.17) is 16.7 Å². The number of anilines is 2. The van der Waals surface area contributed by atoms with Crippen LogP contribution in [-0.2, 0) is 26.2 Å². The molecule has 2 aromatic heterocycles. The molecule has 4 aliphatic rings. The SMILES string of the molecule is Cc1cc(C2C3=CCC4C(=O)N(c5ccc(I)cc5)C(=O)C4C3CC3C(=O)N(c4cc(-c5sc6ccc(Cl)cc6c5C)nn4C)C(=O)C32C)cc(C)c1O. The Bertz CT molecular complexity index is 2520. The number of halogens is 2. The number of imide groups is 2.